The molecule has 0 aromatic rings. The average Bonchev–Trinajstić information content (AvgIpc) is 1.12. The zero-order chi connectivity index (χ0) is 9.00. The third kappa shape index (κ3) is 6310. The SMILES string of the molecule is O=S(=O)(O)O.O=S(=O)(O)O.[Li]. The summed E-state index contributed by atoms with van der Waals surface area (Å²) in [7, 11) is -9.33. The second-order valence-electron chi connectivity index (χ2n) is 0.896. The number of rotatable bonds is 0. The average molecular weight is 203 g/mol. The van der Waals surface area contributed by atoms with E-state index in [-0.39, 0.29) is 18.9 Å². The first kappa shape index (κ1) is 17.4. The van der Waals surface area contributed by atoms with Crippen molar-refractivity contribution in [1.82, 2.24) is 0 Å². The van der Waals surface area contributed by atoms with Gasteiger partial charge in [0.1, 0.15) is 0 Å². The van der Waals surface area contributed by atoms with Crippen LogP contribution in [-0.4, -0.2) is 53.9 Å². The van der Waals surface area contributed by atoms with Crippen molar-refractivity contribution in [2.24, 2.45) is 0 Å². The van der Waals surface area contributed by atoms with E-state index in [0.29, 0.717) is 0 Å². The third-order valence-electron chi connectivity index (χ3n) is 0. The molecule has 0 aliphatic carbocycles. The van der Waals surface area contributed by atoms with Gasteiger partial charge in [-0.2, -0.15) is 16.8 Å². The predicted octanol–water partition coefficient (Wildman–Crippen LogP) is -1.69. The minimum atomic E-state index is -4.67. The van der Waals surface area contributed by atoms with Gasteiger partial charge in [-0.3, -0.25) is 18.2 Å². The van der Waals surface area contributed by atoms with Gasteiger partial charge in [0.15, 0.2) is 0 Å². The van der Waals surface area contributed by atoms with Crippen molar-refractivity contribution >= 4 is 39.7 Å². The van der Waals surface area contributed by atoms with Crippen LogP contribution in [0, 0.1) is 0 Å². The second-order valence-corrected chi connectivity index (χ2v) is 2.69. The molecule has 65 valence electrons. The molecular weight excluding hydrogens is 199 g/mol. The summed E-state index contributed by atoms with van der Waals surface area (Å²) in [6.45, 7) is 0. The molecule has 4 N–H and O–H groups in total. The Morgan fingerprint density at radius 2 is 0.636 bits per heavy atom. The van der Waals surface area contributed by atoms with E-state index in [0.717, 1.165) is 0 Å². The van der Waals surface area contributed by atoms with Crippen LogP contribution in [0.5, 0.6) is 0 Å². The molecule has 11 heteroatoms. The summed E-state index contributed by atoms with van der Waals surface area (Å²) >= 11 is 0. The molecular formula is H4LiO8S2. The smallest absolute Gasteiger partial charge is 0.264 e. The van der Waals surface area contributed by atoms with Crippen molar-refractivity contribution in [1.29, 1.82) is 0 Å². The Bertz CT molecular complexity index is 208. The van der Waals surface area contributed by atoms with E-state index in [1.54, 1.807) is 0 Å². The van der Waals surface area contributed by atoms with Crippen LogP contribution in [-0.2, 0) is 20.8 Å². The van der Waals surface area contributed by atoms with Crippen molar-refractivity contribution < 1.29 is 35.0 Å². The van der Waals surface area contributed by atoms with Crippen LogP contribution in [0.3, 0.4) is 0 Å². The van der Waals surface area contributed by atoms with E-state index < -0.39 is 20.8 Å². The van der Waals surface area contributed by atoms with E-state index in [2.05, 4.69) is 0 Å². The Labute approximate surface area is 74.9 Å². The van der Waals surface area contributed by atoms with Gasteiger partial charge in [0.2, 0.25) is 0 Å². The summed E-state index contributed by atoms with van der Waals surface area (Å²) in [4.78, 5) is 0. The molecule has 0 bridgehead atoms. The maximum absolute atomic E-state index is 8.74. The van der Waals surface area contributed by atoms with Crippen LogP contribution in [0.2, 0.25) is 0 Å². The Morgan fingerprint density at radius 1 is 0.636 bits per heavy atom. The van der Waals surface area contributed by atoms with Crippen molar-refractivity contribution in [3.8, 4) is 0 Å². The zero-order valence-electron chi connectivity index (χ0n) is 5.24. The molecule has 0 saturated heterocycles. The largest absolute Gasteiger partial charge is 0.394 e. The molecule has 0 rings (SSSR count). The number of hydrogen-bond donors (Lipinski definition) is 4. The fourth-order valence-electron chi connectivity index (χ4n) is 0. The van der Waals surface area contributed by atoms with Gasteiger partial charge < -0.3 is 0 Å². The third-order valence-corrected chi connectivity index (χ3v) is 0. The first-order valence-corrected chi connectivity index (χ1v) is 4.19. The minimum Gasteiger partial charge on any atom is -0.264 e. The maximum Gasteiger partial charge on any atom is 0.394 e. The maximum atomic E-state index is 8.74. The number of hydrogen-bond acceptors (Lipinski definition) is 4. The molecule has 0 aliphatic heterocycles. The molecule has 0 saturated carbocycles. The summed E-state index contributed by atoms with van der Waals surface area (Å²) in [5.41, 5.74) is 0. The van der Waals surface area contributed by atoms with E-state index >= 15 is 0 Å². The standard InChI is InChI=1S/Li.2H2O4S/c;2*1-5(2,3)4/h;2*(H2,1,2,3,4). The van der Waals surface area contributed by atoms with E-state index in [4.69, 9.17) is 35.0 Å². The van der Waals surface area contributed by atoms with Crippen molar-refractivity contribution in [3.63, 3.8) is 0 Å². The van der Waals surface area contributed by atoms with Gasteiger partial charge in [-0.15, -0.1) is 0 Å². The Kier molecular flexibility index (Phi) is 9.38. The van der Waals surface area contributed by atoms with Gasteiger partial charge >= 0.3 is 20.8 Å². The van der Waals surface area contributed by atoms with Crippen LogP contribution >= 0.6 is 0 Å². The molecule has 0 aromatic carbocycles. The van der Waals surface area contributed by atoms with Gasteiger partial charge in [0, 0.05) is 18.9 Å². The summed E-state index contributed by atoms with van der Waals surface area (Å²) in [5, 5.41) is 0. The normalized spacial score (nSPS) is 10.5. The molecule has 1 radical (unpaired) electrons. The van der Waals surface area contributed by atoms with E-state index in [1.807, 2.05) is 0 Å². The topological polar surface area (TPSA) is 149 Å². The van der Waals surface area contributed by atoms with Gasteiger partial charge in [0.25, 0.3) is 0 Å². The molecule has 0 atom stereocenters. The summed E-state index contributed by atoms with van der Waals surface area (Å²) in [6.07, 6.45) is 0. The van der Waals surface area contributed by atoms with Crippen molar-refractivity contribution in [2.75, 3.05) is 0 Å². The van der Waals surface area contributed by atoms with Crippen molar-refractivity contribution in [3.05, 3.63) is 0 Å². The van der Waals surface area contributed by atoms with Gasteiger partial charge in [-0.25, -0.2) is 0 Å². The van der Waals surface area contributed by atoms with Crippen LogP contribution in [0.1, 0.15) is 0 Å². The predicted molar refractivity (Wildman–Crippen MR) is 34.1 cm³/mol. The van der Waals surface area contributed by atoms with E-state index in [1.165, 1.54) is 0 Å². The zero-order valence-corrected chi connectivity index (χ0v) is 6.87. The van der Waals surface area contributed by atoms with Crippen LogP contribution in [0.4, 0.5) is 0 Å². The van der Waals surface area contributed by atoms with Gasteiger partial charge in [-0.05, 0) is 0 Å². The molecule has 0 aliphatic rings. The Hall–Kier alpha value is 0.337. The Morgan fingerprint density at radius 3 is 0.636 bits per heavy atom. The van der Waals surface area contributed by atoms with Gasteiger partial charge in [0.05, 0.1) is 0 Å². The van der Waals surface area contributed by atoms with E-state index in [9.17, 15) is 0 Å². The molecule has 0 spiro atoms. The van der Waals surface area contributed by atoms with Crippen molar-refractivity contribution in [2.45, 2.75) is 0 Å². The fourth-order valence-corrected chi connectivity index (χ4v) is 0. The molecule has 0 fully saturated rings. The second kappa shape index (κ2) is 5.92. The molecule has 0 heterocycles. The minimum absolute atomic E-state index is 0. The first-order chi connectivity index (χ1) is 4.00. The first-order valence-electron chi connectivity index (χ1n) is 1.40. The summed E-state index contributed by atoms with van der Waals surface area (Å²) in [6, 6.07) is 0. The molecule has 0 unspecified atom stereocenters. The summed E-state index contributed by atoms with van der Waals surface area (Å²) in [5.74, 6) is 0. The monoisotopic (exact) mass is 203 g/mol. The van der Waals surface area contributed by atoms with Crippen LogP contribution in [0.25, 0.3) is 0 Å². The summed E-state index contributed by atoms with van der Waals surface area (Å²) < 4.78 is 63.2. The van der Waals surface area contributed by atoms with Crippen LogP contribution in [0.15, 0.2) is 0 Å². The Balaban J connectivity index is -0.000000107. The molecule has 0 amide bonds. The molecule has 0 aromatic heterocycles. The van der Waals surface area contributed by atoms with Gasteiger partial charge in [-0.1, -0.05) is 0 Å². The molecule has 8 nitrogen and oxygen atoms in total. The van der Waals surface area contributed by atoms with Crippen LogP contribution < -0.4 is 0 Å². The quantitative estimate of drug-likeness (QED) is 0.269. The fraction of sp³-hybridized carbons (Fsp3) is 0. The molecule has 11 heavy (non-hydrogen) atoms.